The van der Waals surface area contributed by atoms with E-state index in [4.69, 9.17) is 4.74 Å². The maximum atomic E-state index is 15.0. The molecule has 29 heavy (non-hydrogen) atoms. The van der Waals surface area contributed by atoms with Gasteiger partial charge in [-0.15, -0.1) is 0 Å². The minimum Gasteiger partial charge on any atom is -0.490 e. The Labute approximate surface area is 171 Å². The summed E-state index contributed by atoms with van der Waals surface area (Å²) in [7, 11) is 0. The molecule has 0 bridgehead atoms. The van der Waals surface area contributed by atoms with Crippen LogP contribution in [0.2, 0.25) is 0 Å². The van der Waals surface area contributed by atoms with Crippen LogP contribution in [-0.2, 0) is 6.54 Å². The van der Waals surface area contributed by atoms with E-state index < -0.39 is 0 Å². The van der Waals surface area contributed by atoms with Crippen LogP contribution >= 0.6 is 0 Å². The molecule has 0 aliphatic carbocycles. The summed E-state index contributed by atoms with van der Waals surface area (Å²) in [5.41, 5.74) is 3.55. The zero-order valence-electron chi connectivity index (χ0n) is 17.1. The zero-order valence-corrected chi connectivity index (χ0v) is 17.1. The molecule has 2 heterocycles. The summed E-state index contributed by atoms with van der Waals surface area (Å²) >= 11 is 0. The number of hydrogen-bond acceptors (Lipinski definition) is 3. The van der Waals surface area contributed by atoms with E-state index >= 15 is 4.39 Å². The van der Waals surface area contributed by atoms with Gasteiger partial charge in [0.25, 0.3) is 0 Å². The van der Waals surface area contributed by atoms with Gasteiger partial charge in [0.15, 0.2) is 11.6 Å². The van der Waals surface area contributed by atoms with E-state index in [2.05, 4.69) is 16.0 Å². The van der Waals surface area contributed by atoms with Gasteiger partial charge in [0.05, 0.1) is 13.2 Å². The minimum atomic E-state index is -0.314. The first-order valence-corrected chi connectivity index (χ1v) is 10.4. The van der Waals surface area contributed by atoms with Gasteiger partial charge < -0.3 is 14.8 Å². The molecule has 5 heteroatoms. The number of aromatic nitrogens is 1. The van der Waals surface area contributed by atoms with Crippen LogP contribution in [0.25, 0.3) is 22.0 Å². The lowest BCUT2D eigenvalue weighted by Crippen LogP contribution is -2.31. The Morgan fingerprint density at radius 1 is 1.24 bits per heavy atom. The molecule has 4 nitrogen and oxygen atoms in total. The third-order valence-electron chi connectivity index (χ3n) is 5.61. The van der Waals surface area contributed by atoms with E-state index in [0.717, 1.165) is 48.1 Å². The SMILES string of the molecule is CC(C)COc1cccc(-c2ccc3[nH]c(CN4CCC[C@@H]4CO)cc3c2)c1F. The molecule has 0 radical (unpaired) electrons. The lowest BCUT2D eigenvalue weighted by Gasteiger charge is -2.21. The van der Waals surface area contributed by atoms with Crippen LogP contribution in [0.3, 0.4) is 0 Å². The van der Waals surface area contributed by atoms with Crippen LogP contribution < -0.4 is 4.74 Å². The maximum Gasteiger partial charge on any atom is 0.172 e. The Balaban J connectivity index is 1.59. The molecule has 1 fully saturated rings. The Morgan fingerprint density at radius 3 is 2.90 bits per heavy atom. The first-order chi connectivity index (χ1) is 14.0. The summed E-state index contributed by atoms with van der Waals surface area (Å²) in [6.07, 6.45) is 2.18. The molecule has 1 aliphatic rings. The van der Waals surface area contributed by atoms with Crippen molar-refractivity contribution in [3.63, 3.8) is 0 Å². The second-order valence-corrected chi connectivity index (χ2v) is 8.37. The smallest absolute Gasteiger partial charge is 0.172 e. The molecule has 1 aliphatic heterocycles. The maximum absolute atomic E-state index is 15.0. The zero-order chi connectivity index (χ0) is 20.4. The molecule has 1 saturated heterocycles. The average molecular weight is 397 g/mol. The number of fused-ring (bicyclic) bond motifs is 1. The van der Waals surface area contributed by atoms with E-state index in [1.807, 2.05) is 38.1 Å². The molecule has 0 unspecified atom stereocenters. The highest BCUT2D eigenvalue weighted by molar-refractivity contribution is 5.86. The number of aliphatic hydroxyl groups excluding tert-OH is 1. The first kappa shape index (κ1) is 19.9. The predicted octanol–water partition coefficient (Wildman–Crippen LogP) is 4.97. The van der Waals surface area contributed by atoms with E-state index in [1.165, 1.54) is 0 Å². The number of benzene rings is 2. The van der Waals surface area contributed by atoms with Crippen molar-refractivity contribution < 1.29 is 14.2 Å². The number of nitrogens with one attached hydrogen (secondary N) is 1. The van der Waals surface area contributed by atoms with Gasteiger partial charge in [-0.05, 0) is 55.1 Å². The molecular weight excluding hydrogens is 367 g/mol. The van der Waals surface area contributed by atoms with Crippen LogP contribution in [0, 0.1) is 11.7 Å². The molecule has 1 atom stereocenters. The van der Waals surface area contributed by atoms with E-state index in [1.54, 1.807) is 12.1 Å². The second-order valence-electron chi connectivity index (χ2n) is 8.37. The number of hydrogen-bond donors (Lipinski definition) is 2. The number of ether oxygens (including phenoxy) is 1. The Kier molecular flexibility index (Phi) is 5.88. The van der Waals surface area contributed by atoms with Gasteiger partial charge in [0.2, 0.25) is 0 Å². The Hall–Kier alpha value is -2.37. The monoisotopic (exact) mass is 396 g/mol. The van der Waals surface area contributed by atoms with Crippen LogP contribution in [0.5, 0.6) is 5.75 Å². The largest absolute Gasteiger partial charge is 0.490 e. The highest BCUT2D eigenvalue weighted by Crippen LogP contribution is 2.32. The summed E-state index contributed by atoms with van der Waals surface area (Å²) in [6.45, 7) is 6.60. The van der Waals surface area contributed by atoms with Gasteiger partial charge in [0, 0.05) is 34.7 Å². The summed E-state index contributed by atoms with van der Waals surface area (Å²) in [5, 5.41) is 10.6. The summed E-state index contributed by atoms with van der Waals surface area (Å²) in [5.74, 6) is 0.329. The Bertz CT molecular complexity index is 982. The molecule has 1 aromatic heterocycles. The highest BCUT2D eigenvalue weighted by atomic mass is 19.1. The third-order valence-corrected chi connectivity index (χ3v) is 5.61. The van der Waals surface area contributed by atoms with Gasteiger partial charge in [-0.25, -0.2) is 4.39 Å². The van der Waals surface area contributed by atoms with Crippen molar-refractivity contribution in [2.24, 2.45) is 5.92 Å². The van der Waals surface area contributed by atoms with Crippen LogP contribution in [-0.4, -0.2) is 40.8 Å². The number of aliphatic hydroxyl groups is 1. The standard InChI is InChI=1S/C24H29FN2O2/c1-16(2)15-29-23-7-3-6-21(24(23)25)17-8-9-22-18(11-17)12-19(26-22)13-27-10-4-5-20(27)14-28/h3,6-9,11-12,16,20,26,28H,4-5,10,13-15H2,1-2H3/t20-/m1/s1. The van der Waals surface area contributed by atoms with Crippen molar-refractivity contribution in [2.75, 3.05) is 19.8 Å². The molecule has 2 aromatic carbocycles. The van der Waals surface area contributed by atoms with Gasteiger partial charge in [0.1, 0.15) is 0 Å². The first-order valence-electron chi connectivity index (χ1n) is 10.4. The van der Waals surface area contributed by atoms with Crippen LogP contribution in [0.15, 0.2) is 42.5 Å². The number of likely N-dealkylation sites (tertiary alicyclic amines) is 1. The third kappa shape index (κ3) is 4.31. The van der Waals surface area contributed by atoms with Crippen molar-refractivity contribution in [3.05, 3.63) is 54.0 Å². The Morgan fingerprint density at radius 2 is 2.10 bits per heavy atom. The fraction of sp³-hybridized carbons (Fsp3) is 0.417. The van der Waals surface area contributed by atoms with Gasteiger partial charge >= 0.3 is 0 Å². The average Bonchev–Trinajstić information content (AvgIpc) is 3.32. The predicted molar refractivity (Wildman–Crippen MR) is 115 cm³/mol. The summed E-state index contributed by atoms with van der Waals surface area (Å²) in [6, 6.07) is 13.7. The molecule has 0 saturated carbocycles. The van der Waals surface area contributed by atoms with E-state index in [0.29, 0.717) is 23.8 Å². The quantitative estimate of drug-likeness (QED) is 0.593. The number of rotatable bonds is 7. The molecule has 2 N–H and O–H groups in total. The molecule has 154 valence electrons. The number of H-pyrrole nitrogens is 1. The summed E-state index contributed by atoms with van der Waals surface area (Å²) in [4.78, 5) is 5.78. The lowest BCUT2D eigenvalue weighted by atomic mass is 10.0. The normalized spacial score (nSPS) is 17.5. The van der Waals surface area contributed by atoms with Gasteiger partial charge in [-0.3, -0.25) is 4.90 Å². The topological polar surface area (TPSA) is 48.5 Å². The van der Waals surface area contributed by atoms with Crippen molar-refractivity contribution in [3.8, 4) is 16.9 Å². The van der Waals surface area contributed by atoms with E-state index in [9.17, 15) is 5.11 Å². The molecule has 0 amide bonds. The molecule has 0 spiro atoms. The molecular formula is C24H29FN2O2. The van der Waals surface area contributed by atoms with E-state index in [-0.39, 0.29) is 18.5 Å². The number of nitrogens with zero attached hydrogens (tertiary/aromatic N) is 1. The molecule has 3 aromatic rings. The number of aromatic amines is 1. The van der Waals surface area contributed by atoms with Crippen molar-refractivity contribution in [2.45, 2.75) is 39.3 Å². The van der Waals surface area contributed by atoms with Crippen LogP contribution in [0.4, 0.5) is 4.39 Å². The molecule has 4 rings (SSSR count). The second kappa shape index (κ2) is 8.56. The van der Waals surface area contributed by atoms with Crippen molar-refractivity contribution in [1.29, 1.82) is 0 Å². The van der Waals surface area contributed by atoms with Crippen molar-refractivity contribution >= 4 is 10.9 Å². The number of halogens is 1. The van der Waals surface area contributed by atoms with Crippen LogP contribution in [0.1, 0.15) is 32.4 Å². The van der Waals surface area contributed by atoms with Gasteiger partial charge in [-0.2, -0.15) is 0 Å². The van der Waals surface area contributed by atoms with Crippen molar-refractivity contribution in [1.82, 2.24) is 9.88 Å². The van der Waals surface area contributed by atoms with Gasteiger partial charge in [-0.1, -0.05) is 32.0 Å². The fourth-order valence-electron chi connectivity index (χ4n) is 4.08. The lowest BCUT2D eigenvalue weighted by molar-refractivity contribution is 0.152. The minimum absolute atomic E-state index is 0.207. The fourth-order valence-corrected chi connectivity index (χ4v) is 4.08. The highest BCUT2D eigenvalue weighted by Gasteiger charge is 2.24. The summed E-state index contributed by atoms with van der Waals surface area (Å²) < 4.78 is 20.6.